The van der Waals surface area contributed by atoms with Gasteiger partial charge in [-0.05, 0) is 39.1 Å². The van der Waals surface area contributed by atoms with Crippen LogP contribution in [0.5, 0.6) is 5.75 Å². The van der Waals surface area contributed by atoms with Gasteiger partial charge in [0.15, 0.2) is 0 Å². The first-order valence-electron chi connectivity index (χ1n) is 8.16. The van der Waals surface area contributed by atoms with Crippen LogP contribution < -0.4 is 9.64 Å². The third-order valence-electron chi connectivity index (χ3n) is 4.16. The number of para-hydroxylation sites is 1. The Morgan fingerprint density at radius 3 is 2.87 bits per heavy atom. The highest BCUT2D eigenvalue weighted by molar-refractivity contribution is 5.62. The van der Waals surface area contributed by atoms with E-state index in [1.807, 2.05) is 24.3 Å². The van der Waals surface area contributed by atoms with Crippen molar-refractivity contribution in [3.8, 4) is 17.2 Å². The van der Waals surface area contributed by atoms with Crippen LogP contribution in [0.2, 0.25) is 0 Å². The van der Waals surface area contributed by atoms with Gasteiger partial charge in [0.05, 0.1) is 12.2 Å². The molecule has 0 radical (unpaired) electrons. The molecule has 0 spiro atoms. The lowest BCUT2D eigenvalue weighted by atomic mass is 10.2. The summed E-state index contributed by atoms with van der Waals surface area (Å²) >= 11 is 0. The van der Waals surface area contributed by atoms with Gasteiger partial charge in [0.1, 0.15) is 5.75 Å². The number of hydrogen-bond donors (Lipinski definition) is 0. The summed E-state index contributed by atoms with van der Waals surface area (Å²) in [5.74, 6) is 1.30. The zero-order chi connectivity index (χ0) is 16.2. The molecule has 0 bridgehead atoms. The Hall–Kier alpha value is -2.08. The van der Waals surface area contributed by atoms with Crippen LogP contribution in [0.15, 0.2) is 28.7 Å². The smallest absolute Gasteiger partial charge is 0.318 e. The normalized spacial score (nSPS) is 17.9. The summed E-state index contributed by atoms with van der Waals surface area (Å²) in [5.41, 5.74) is 0.850. The number of benzene rings is 1. The highest BCUT2D eigenvalue weighted by Crippen LogP contribution is 2.31. The lowest BCUT2D eigenvalue weighted by Crippen LogP contribution is -2.31. The minimum Gasteiger partial charge on any atom is -0.493 e. The molecule has 1 aliphatic rings. The van der Waals surface area contributed by atoms with Crippen molar-refractivity contribution in [2.24, 2.45) is 0 Å². The lowest BCUT2D eigenvalue weighted by molar-refractivity contribution is 0.314. The fourth-order valence-electron chi connectivity index (χ4n) is 2.77. The van der Waals surface area contributed by atoms with E-state index in [1.165, 1.54) is 0 Å². The Bertz CT molecular complexity index is 641. The Balaban J connectivity index is 1.78. The van der Waals surface area contributed by atoms with Gasteiger partial charge in [-0.1, -0.05) is 24.2 Å². The van der Waals surface area contributed by atoms with Crippen molar-refractivity contribution in [1.82, 2.24) is 15.1 Å². The molecule has 3 rings (SSSR count). The van der Waals surface area contributed by atoms with Crippen LogP contribution in [0.1, 0.15) is 19.8 Å². The van der Waals surface area contributed by atoms with Gasteiger partial charge in [0, 0.05) is 19.1 Å². The van der Waals surface area contributed by atoms with Crippen LogP contribution in [0, 0.1) is 0 Å². The molecule has 6 nitrogen and oxygen atoms in total. The molecule has 1 aromatic carbocycles. The van der Waals surface area contributed by atoms with E-state index in [0.717, 1.165) is 37.2 Å². The van der Waals surface area contributed by atoms with Crippen LogP contribution in [-0.4, -0.2) is 54.9 Å². The molecule has 0 saturated carbocycles. The molecule has 124 valence electrons. The maximum Gasteiger partial charge on any atom is 0.318 e. The molecule has 1 unspecified atom stereocenters. The molecule has 1 aromatic heterocycles. The SMILES string of the molecule is CCCOc1ccccc1-c1nnc(N2CCC(N(C)C)C2)o1. The van der Waals surface area contributed by atoms with Crippen molar-refractivity contribution in [1.29, 1.82) is 0 Å². The zero-order valence-corrected chi connectivity index (χ0v) is 14.0. The van der Waals surface area contributed by atoms with E-state index in [0.29, 0.717) is 24.6 Å². The summed E-state index contributed by atoms with van der Waals surface area (Å²) in [6.07, 6.45) is 2.07. The molecule has 0 aliphatic carbocycles. The fourth-order valence-corrected chi connectivity index (χ4v) is 2.77. The summed E-state index contributed by atoms with van der Waals surface area (Å²) in [7, 11) is 4.21. The minimum atomic E-state index is 0.514. The zero-order valence-electron chi connectivity index (χ0n) is 14.0. The van der Waals surface area contributed by atoms with Gasteiger partial charge < -0.3 is 19.0 Å². The molecule has 1 atom stereocenters. The summed E-state index contributed by atoms with van der Waals surface area (Å²) in [5, 5.41) is 8.44. The molecule has 1 aliphatic heterocycles. The number of anilines is 1. The van der Waals surface area contributed by atoms with Crippen LogP contribution in [0.4, 0.5) is 6.01 Å². The third kappa shape index (κ3) is 3.47. The van der Waals surface area contributed by atoms with Gasteiger partial charge in [-0.15, -0.1) is 5.10 Å². The van der Waals surface area contributed by atoms with Crippen LogP contribution >= 0.6 is 0 Å². The standard InChI is InChI=1S/C17H24N4O2/c1-4-11-22-15-8-6-5-7-14(15)16-18-19-17(23-16)21-10-9-13(12-21)20(2)3/h5-8,13H,4,9-12H2,1-3H3. The largest absolute Gasteiger partial charge is 0.493 e. The van der Waals surface area contributed by atoms with Gasteiger partial charge in [-0.2, -0.15) is 0 Å². The van der Waals surface area contributed by atoms with E-state index in [2.05, 4.69) is 41.0 Å². The Kier molecular flexibility index (Phi) is 4.81. The van der Waals surface area contributed by atoms with Gasteiger partial charge in [0.25, 0.3) is 5.89 Å². The van der Waals surface area contributed by atoms with E-state index in [-0.39, 0.29) is 0 Å². The molecule has 23 heavy (non-hydrogen) atoms. The highest BCUT2D eigenvalue weighted by atomic mass is 16.5. The number of hydrogen-bond acceptors (Lipinski definition) is 6. The second-order valence-electron chi connectivity index (χ2n) is 6.09. The van der Waals surface area contributed by atoms with Crippen molar-refractivity contribution in [2.45, 2.75) is 25.8 Å². The van der Waals surface area contributed by atoms with Gasteiger partial charge in [0.2, 0.25) is 0 Å². The molecule has 1 saturated heterocycles. The van der Waals surface area contributed by atoms with E-state index in [4.69, 9.17) is 9.15 Å². The van der Waals surface area contributed by atoms with Crippen molar-refractivity contribution in [3.05, 3.63) is 24.3 Å². The van der Waals surface area contributed by atoms with Crippen molar-refractivity contribution < 1.29 is 9.15 Å². The Morgan fingerprint density at radius 1 is 1.30 bits per heavy atom. The predicted octanol–water partition coefficient (Wildman–Crippen LogP) is 2.67. The summed E-state index contributed by atoms with van der Waals surface area (Å²) in [6, 6.07) is 8.92. The summed E-state index contributed by atoms with van der Waals surface area (Å²) in [6.45, 7) is 4.62. The van der Waals surface area contributed by atoms with Crippen molar-refractivity contribution in [3.63, 3.8) is 0 Å². The Labute approximate surface area is 137 Å². The molecule has 2 aromatic rings. The van der Waals surface area contributed by atoms with Gasteiger partial charge >= 0.3 is 6.01 Å². The maximum atomic E-state index is 5.91. The second kappa shape index (κ2) is 7.00. The lowest BCUT2D eigenvalue weighted by Gasteiger charge is -2.18. The monoisotopic (exact) mass is 316 g/mol. The number of nitrogens with zero attached hydrogens (tertiary/aromatic N) is 4. The van der Waals surface area contributed by atoms with E-state index < -0.39 is 0 Å². The highest BCUT2D eigenvalue weighted by Gasteiger charge is 2.27. The predicted molar refractivity (Wildman–Crippen MR) is 89.8 cm³/mol. The first kappa shape index (κ1) is 15.8. The number of likely N-dealkylation sites (N-methyl/N-ethyl adjacent to an activating group) is 1. The van der Waals surface area contributed by atoms with E-state index >= 15 is 0 Å². The first-order valence-corrected chi connectivity index (χ1v) is 8.16. The average Bonchev–Trinajstić information content (AvgIpc) is 3.22. The molecule has 6 heteroatoms. The molecule has 1 fully saturated rings. The van der Waals surface area contributed by atoms with Crippen LogP contribution in [-0.2, 0) is 0 Å². The quantitative estimate of drug-likeness (QED) is 0.816. The molecular weight excluding hydrogens is 292 g/mol. The second-order valence-corrected chi connectivity index (χ2v) is 6.09. The number of ether oxygens (including phenoxy) is 1. The van der Waals surface area contributed by atoms with Crippen molar-refractivity contribution >= 4 is 6.01 Å². The van der Waals surface area contributed by atoms with E-state index in [1.54, 1.807) is 0 Å². The van der Waals surface area contributed by atoms with Crippen LogP contribution in [0.25, 0.3) is 11.5 Å². The summed E-state index contributed by atoms with van der Waals surface area (Å²) in [4.78, 5) is 4.39. The summed E-state index contributed by atoms with van der Waals surface area (Å²) < 4.78 is 11.7. The number of rotatable bonds is 6. The van der Waals surface area contributed by atoms with Gasteiger partial charge in [-0.3, -0.25) is 0 Å². The average molecular weight is 316 g/mol. The third-order valence-corrected chi connectivity index (χ3v) is 4.16. The Morgan fingerprint density at radius 2 is 2.13 bits per heavy atom. The topological polar surface area (TPSA) is 54.6 Å². The fraction of sp³-hybridized carbons (Fsp3) is 0.529. The van der Waals surface area contributed by atoms with E-state index in [9.17, 15) is 0 Å². The molecular formula is C17H24N4O2. The van der Waals surface area contributed by atoms with Gasteiger partial charge in [-0.25, -0.2) is 0 Å². The maximum absolute atomic E-state index is 5.91. The van der Waals surface area contributed by atoms with Crippen LogP contribution in [0.3, 0.4) is 0 Å². The molecule has 2 heterocycles. The molecule has 0 N–H and O–H groups in total. The van der Waals surface area contributed by atoms with Crippen molar-refractivity contribution in [2.75, 3.05) is 38.7 Å². The number of aromatic nitrogens is 2. The first-order chi connectivity index (χ1) is 11.2. The molecule has 0 amide bonds. The minimum absolute atomic E-state index is 0.514.